The molecule has 1 N–H and O–H groups in total. The fraction of sp³-hybridized carbons (Fsp3) is 0.800. The van der Waals surface area contributed by atoms with E-state index in [2.05, 4.69) is 25.1 Å². The van der Waals surface area contributed by atoms with Gasteiger partial charge in [-0.3, -0.25) is 0 Å². The topological polar surface area (TPSA) is 21.3 Å². The van der Waals surface area contributed by atoms with E-state index in [1.54, 1.807) is 7.11 Å². The lowest BCUT2D eigenvalue weighted by Gasteiger charge is -2.14. The summed E-state index contributed by atoms with van der Waals surface area (Å²) in [7, 11) is 1.72. The first-order valence-corrected chi connectivity index (χ1v) is 4.46. The van der Waals surface area contributed by atoms with E-state index in [-0.39, 0.29) is 6.04 Å². The Balaban J connectivity index is 3.52. The third kappa shape index (κ3) is 5.17. The Hall–Kier alpha value is -0.520. The van der Waals surface area contributed by atoms with Crippen molar-refractivity contribution in [2.75, 3.05) is 13.7 Å². The Kier molecular flexibility index (Phi) is 6.84. The van der Waals surface area contributed by atoms with Crippen LogP contribution >= 0.6 is 0 Å². The van der Waals surface area contributed by atoms with Crippen molar-refractivity contribution in [1.29, 1.82) is 0 Å². The molecule has 12 heavy (non-hydrogen) atoms. The highest BCUT2D eigenvalue weighted by molar-refractivity contribution is 4.98. The smallest absolute Gasteiger partial charge is 0.0687 e. The number of hydrogen-bond donors (Lipinski definition) is 1. The standard InChI is InChI=1S/C10H19NO/c1-5-10(11-6-2)8-7-9(3)12-4/h1,9-11H,6-8H2,2-4H3. The fourth-order valence-electron chi connectivity index (χ4n) is 1.01. The largest absolute Gasteiger partial charge is 0.382 e. The molecule has 2 nitrogen and oxygen atoms in total. The van der Waals surface area contributed by atoms with Crippen molar-refractivity contribution >= 4 is 0 Å². The van der Waals surface area contributed by atoms with Gasteiger partial charge in [-0.25, -0.2) is 0 Å². The molecule has 0 aromatic heterocycles. The molecule has 0 radical (unpaired) electrons. The zero-order valence-corrected chi connectivity index (χ0v) is 8.26. The van der Waals surface area contributed by atoms with E-state index in [1.165, 1.54) is 0 Å². The van der Waals surface area contributed by atoms with Gasteiger partial charge in [-0.05, 0) is 26.3 Å². The number of terminal acetylenes is 1. The number of nitrogens with one attached hydrogen (secondary N) is 1. The Morgan fingerprint density at radius 3 is 2.58 bits per heavy atom. The van der Waals surface area contributed by atoms with E-state index in [0.29, 0.717) is 6.10 Å². The van der Waals surface area contributed by atoms with Gasteiger partial charge < -0.3 is 10.1 Å². The predicted molar refractivity (Wildman–Crippen MR) is 52.0 cm³/mol. The second-order valence-electron chi connectivity index (χ2n) is 2.90. The second-order valence-corrected chi connectivity index (χ2v) is 2.90. The molecule has 2 atom stereocenters. The van der Waals surface area contributed by atoms with Gasteiger partial charge in [0.15, 0.2) is 0 Å². The zero-order valence-electron chi connectivity index (χ0n) is 8.26. The van der Waals surface area contributed by atoms with Crippen molar-refractivity contribution in [1.82, 2.24) is 5.32 Å². The average molecular weight is 169 g/mol. The van der Waals surface area contributed by atoms with Crippen molar-refractivity contribution in [3.05, 3.63) is 0 Å². The van der Waals surface area contributed by atoms with Gasteiger partial charge >= 0.3 is 0 Å². The Bertz CT molecular complexity index is 139. The van der Waals surface area contributed by atoms with Crippen LogP contribution in [0.1, 0.15) is 26.7 Å². The number of methoxy groups -OCH3 is 1. The van der Waals surface area contributed by atoms with E-state index in [1.807, 2.05) is 0 Å². The lowest BCUT2D eigenvalue weighted by atomic mass is 10.1. The van der Waals surface area contributed by atoms with Crippen LogP contribution in [-0.4, -0.2) is 25.8 Å². The minimum Gasteiger partial charge on any atom is -0.382 e. The van der Waals surface area contributed by atoms with E-state index < -0.39 is 0 Å². The summed E-state index contributed by atoms with van der Waals surface area (Å²) in [6, 6.07) is 0.201. The summed E-state index contributed by atoms with van der Waals surface area (Å²) in [4.78, 5) is 0. The minimum atomic E-state index is 0.201. The van der Waals surface area contributed by atoms with Gasteiger partial charge in [-0.1, -0.05) is 12.8 Å². The monoisotopic (exact) mass is 169 g/mol. The summed E-state index contributed by atoms with van der Waals surface area (Å²) >= 11 is 0. The molecule has 0 saturated carbocycles. The number of rotatable bonds is 6. The molecular formula is C10H19NO. The quantitative estimate of drug-likeness (QED) is 0.607. The van der Waals surface area contributed by atoms with Crippen LogP contribution in [0.25, 0.3) is 0 Å². The van der Waals surface area contributed by atoms with Gasteiger partial charge in [0.05, 0.1) is 12.1 Å². The van der Waals surface area contributed by atoms with Crippen LogP contribution in [0.15, 0.2) is 0 Å². The molecule has 0 spiro atoms. The lowest BCUT2D eigenvalue weighted by molar-refractivity contribution is 0.107. The molecule has 0 heterocycles. The molecule has 2 unspecified atom stereocenters. The SMILES string of the molecule is C#CC(CCC(C)OC)NCC. The van der Waals surface area contributed by atoms with Crippen molar-refractivity contribution < 1.29 is 4.74 Å². The van der Waals surface area contributed by atoms with Gasteiger partial charge in [0, 0.05) is 7.11 Å². The van der Waals surface area contributed by atoms with Gasteiger partial charge in [0.2, 0.25) is 0 Å². The minimum absolute atomic E-state index is 0.201. The number of ether oxygens (including phenoxy) is 1. The molecule has 0 aromatic rings. The van der Waals surface area contributed by atoms with Crippen molar-refractivity contribution in [3.63, 3.8) is 0 Å². The molecule has 0 aliphatic rings. The molecule has 0 rings (SSSR count). The van der Waals surface area contributed by atoms with Crippen LogP contribution in [0, 0.1) is 12.3 Å². The first-order chi connectivity index (χ1) is 5.74. The maximum Gasteiger partial charge on any atom is 0.0687 e. The van der Waals surface area contributed by atoms with E-state index in [9.17, 15) is 0 Å². The highest BCUT2D eigenvalue weighted by Crippen LogP contribution is 2.02. The van der Waals surface area contributed by atoms with Crippen LogP contribution in [0.5, 0.6) is 0 Å². The highest BCUT2D eigenvalue weighted by atomic mass is 16.5. The summed E-state index contributed by atoms with van der Waals surface area (Å²) in [6.45, 7) is 5.04. The maximum absolute atomic E-state index is 5.33. The van der Waals surface area contributed by atoms with Crippen molar-refractivity contribution in [2.45, 2.75) is 38.8 Å². The average Bonchev–Trinajstić information content (AvgIpc) is 2.11. The summed E-state index contributed by atoms with van der Waals surface area (Å²) in [5.74, 6) is 2.72. The van der Waals surface area contributed by atoms with Crippen LogP contribution in [0.4, 0.5) is 0 Å². The molecule has 0 aliphatic carbocycles. The number of hydrogen-bond acceptors (Lipinski definition) is 2. The molecule has 0 bridgehead atoms. The molecule has 0 amide bonds. The zero-order chi connectivity index (χ0) is 9.40. The molecule has 0 saturated heterocycles. The highest BCUT2D eigenvalue weighted by Gasteiger charge is 2.05. The lowest BCUT2D eigenvalue weighted by Crippen LogP contribution is -2.28. The Morgan fingerprint density at radius 1 is 1.50 bits per heavy atom. The molecule has 0 aliphatic heterocycles. The van der Waals surface area contributed by atoms with Gasteiger partial charge in [-0.15, -0.1) is 6.42 Å². The normalized spacial score (nSPS) is 15.2. The molecule has 70 valence electrons. The summed E-state index contributed by atoms with van der Waals surface area (Å²) < 4.78 is 5.13. The molecular weight excluding hydrogens is 150 g/mol. The van der Waals surface area contributed by atoms with E-state index in [0.717, 1.165) is 19.4 Å². The Labute approximate surface area is 75.7 Å². The third-order valence-corrected chi connectivity index (χ3v) is 1.92. The van der Waals surface area contributed by atoms with Crippen LogP contribution in [-0.2, 0) is 4.74 Å². The predicted octanol–water partition coefficient (Wildman–Crippen LogP) is 1.41. The second kappa shape index (κ2) is 7.15. The summed E-state index contributed by atoms with van der Waals surface area (Å²) in [6.07, 6.45) is 7.64. The van der Waals surface area contributed by atoms with Crippen LogP contribution in [0.3, 0.4) is 0 Å². The molecule has 2 heteroatoms. The molecule has 0 fully saturated rings. The first-order valence-electron chi connectivity index (χ1n) is 4.46. The van der Waals surface area contributed by atoms with Crippen LogP contribution in [0.2, 0.25) is 0 Å². The maximum atomic E-state index is 5.33. The van der Waals surface area contributed by atoms with Gasteiger partial charge in [-0.2, -0.15) is 0 Å². The van der Waals surface area contributed by atoms with Gasteiger partial charge in [0.1, 0.15) is 0 Å². The Morgan fingerprint density at radius 2 is 2.17 bits per heavy atom. The third-order valence-electron chi connectivity index (χ3n) is 1.92. The summed E-state index contributed by atoms with van der Waals surface area (Å²) in [5, 5.41) is 3.22. The first kappa shape index (κ1) is 11.5. The molecule has 0 aromatic carbocycles. The van der Waals surface area contributed by atoms with E-state index >= 15 is 0 Å². The van der Waals surface area contributed by atoms with Crippen molar-refractivity contribution in [3.8, 4) is 12.3 Å². The summed E-state index contributed by atoms with van der Waals surface area (Å²) in [5.41, 5.74) is 0. The van der Waals surface area contributed by atoms with E-state index in [4.69, 9.17) is 11.2 Å². The fourth-order valence-corrected chi connectivity index (χ4v) is 1.01. The van der Waals surface area contributed by atoms with Gasteiger partial charge in [0.25, 0.3) is 0 Å². The van der Waals surface area contributed by atoms with Crippen molar-refractivity contribution in [2.24, 2.45) is 0 Å². The van der Waals surface area contributed by atoms with Crippen LogP contribution < -0.4 is 5.32 Å².